The fraction of sp³-hybridized carbons (Fsp3) is 0.500. The lowest BCUT2D eigenvalue weighted by Gasteiger charge is -1.91. The maximum atomic E-state index is 10.4. The lowest BCUT2D eigenvalue weighted by Crippen LogP contribution is -2.29. The Morgan fingerprint density at radius 3 is 2.67 bits per heavy atom. The van der Waals surface area contributed by atoms with E-state index in [4.69, 9.17) is 5.11 Å². The largest absolute Gasteiger partial charge is 0.481 e. The van der Waals surface area contributed by atoms with E-state index in [0.29, 0.717) is 0 Å². The summed E-state index contributed by atoms with van der Waals surface area (Å²) in [5, 5.41) is 8.57. The van der Waals surface area contributed by atoms with Crippen molar-refractivity contribution in [3.05, 3.63) is 17.7 Å². The third kappa shape index (κ3) is 1.47. The van der Waals surface area contributed by atoms with E-state index in [-0.39, 0.29) is 6.42 Å². The molecule has 0 fully saturated rings. The lowest BCUT2D eigenvalue weighted by molar-refractivity contribution is -0.677. The van der Waals surface area contributed by atoms with E-state index in [0.717, 1.165) is 11.5 Å². The molecule has 1 N–H and O–H groups in total. The van der Waals surface area contributed by atoms with Gasteiger partial charge in [-0.1, -0.05) is 0 Å². The molecule has 0 saturated heterocycles. The zero-order chi connectivity index (χ0) is 9.30. The number of carboxylic acid groups (broad SMARTS) is 1. The molecule has 4 heteroatoms. The molecule has 0 aromatic carbocycles. The Bertz CT molecular complexity index is 315. The number of nitrogens with zero attached hydrogens (tertiary/aromatic N) is 2. The van der Waals surface area contributed by atoms with Crippen molar-refractivity contribution in [1.29, 1.82) is 0 Å². The number of carbonyl (C=O) groups is 1. The number of imidazole rings is 1. The SMILES string of the molecule is Cc1n(C)c(CC(=O)O)c[n+]1C. The summed E-state index contributed by atoms with van der Waals surface area (Å²) in [6.45, 7) is 1.95. The lowest BCUT2D eigenvalue weighted by atomic mass is 10.3. The van der Waals surface area contributed by atoms with Crippen molar-refractivity contribution in [1.82, 2.24) is 4.57 Å². The average Bonchev–Trinajstić information content (AvgIpc) is 2.17. The van der Waals surface area contributed by atoms with Crippen LogP contribution in [0.4, 0.5) is 0 Å². The minimum atomic E-state index is -0.795. The quantitative estimate of drug-likeness (QED) is 0.622. The summed E-state index contributed by atoms with van der Waals surface area (Å²) in [6, 6.07) is 0. The zero-order valence-electron chi connectivity index (χ0n) is 7.53. The monoisotopic (exact) mass is 169 g/mol. The van der Waals surface area contributed by atoms with E-state index < -0.39 is 5.97 Å². The molecule has 4 nitrogen and oxygen atoms in total. The first-order valence-corrected chi connectivity index (χ1v) is 3.75. The van der Waals surface area contributed by atoms with Crippen LogP contribution < -0.4 is 4.57 Å². The van der Waals surface area contributed by atoms with Crippen molar-refractivity contribution in [2.24, 2.45) is 14.1 Å². The molecule has 0 atom stereocenters. The molecule has 1 aromatic rings. The number of aromatic nitrogens is 2. The van der Waals surface area contributed by atoms with Crippen molar-refractivity contribution in [2.75, 3.05) is 0 Å². The molecular formula is C8H13N2O2+. The van der Waals surface area contributed by atoms with Gasteiger partial charge in [0.25, 0.3) is 5.82 Å². The third-order valence-corrected chi connectivity index (χ3v) is 2.10. The fourth-order valence-electron chi connectivity index (χ4n) is 1.17. The minimum Gasteiger partial charge on any atom is -0.481 e. The van der Waals surface area contributed by atoms with Gasteiger partial charge in [0.1, 0.15) is 12.6 Å². The molecule has 1 heterocycles. The van der Waals surface area contributed by atoms with E-state index in [1.807, 2.05) is 36.4 Å². The molecule has 0 aliphatic rings. The maximum Gasteiger partial charge on any atom is 0.311 e. The summed E-state index contributed by atoms with van der Waals surface area (Å²) in [5.41, 5.74) is 0.822. The standard InChI is InChI=1S/C8H12N2O2/c1-6-9(2)5-7(10(6)3)4-8(11)12/h5H,4H2,1-3H3/p+1. The normalized spacial score (nSPS) is 10.2. The van der Waals surface area contributed by atoms with Crippen LogP contribution in [-0.2, 0) is 25.3 Å². The van der Waals surface area contributed by atoms with Gasteiger partial charge in [0.2, 0.25) is 0 Å². The Kier molecular flexibility index (Phi) is 2.17. The predicted molar refractivity (Wildman–Crippen MR) is 42.7 cm³/mol. The van der Waals surface area contributed by atoms with Gasteiger partial charge < -0.3 is 5.11 Å². The first kappa shape index (κ1) is 8.77. The van der Waals surface area contributed by atoms with Crippen LogP contribution >= 0.6 is 0 Å². The number of hydrogen-bond acceptors (Lipinski definition) is 1. The van der Waals surface area contributed by atoms with E-state index in [1.54, 1.807) is 0 Å². The summed E-state index contributed by atoms with van der Waals surface area (Å²) in [7, 11) is 3.77. The molecular weight excluding hydrogens is 156 g/mol. The fourth-order valence-corrected chi connectivity index (χ4v) is 1.17. The number of aryl methyl sites for hydroxylation is 1. The van der Waals surface area contributed by atoms with Crippen molar-refractivity contribution in [2.45, 2.75) is 13.3 Å². The Labute approximate surface area is 71.1 Å². The van der Waals surface area contributed by atoms with Crippen LogP contribution in [0.15, 0.2) is 6.20 Å². The van der Waals surface area contributed by atoms with Crippen LogP contribution in [0.25, 0.3) is 0 Å². The topological polar surface area (TPSA) is 46.1 Å². The number of carboxylic acids is 1. The van der Waals surface area contributed by atoms with Crippen LogP contribution in [0, 0.1) is 6.92 Å². The van der Waals surface area contributed by atoms with Gasteiger partial charge in [0, 0.05) is 6.92 Å². The highest BCUT2D eigenvalue weighted by molar-refractivity contribution is 5.69. The molecule has 0 aliphatic carbocycles. The molecule has 0 bridgehead atoms. The summed E-state index contributed by atoms with van der Waals surface area (Å²) in [4.78, 5) is 10.4. The Morgan fingerprint density at radius 2 is 2.33 bits per heavy atom. The highest BCUT2D eigenvalue weighted by Gasteiger charge is 2.15. The van der Waals surface area contributed by atoms with Crippen LogP contribution in [0.1, 0.15) is 11.5 Å². The minimum absolute atomic E-state index is 0.0815. The van der Waals surface area contributed by atoms with Crippen LogP contribution in [0.2, 0.25) is 0 Å². The van der Waals surface area contributed by atoms with Gasteiger partial charge in [-0.15, -0.1) is 0 Å². The number of aliphatic carboxylic acids is 1. The molecule has 12 heavy (non-hydrogen) atoms. The summed E-state index contributed by atoms with van der Waals surface area (Å²) < 4.78 is 3.80. The van der Waals surface area contributed by atoms with Gasteiger partial charge >= 0.3 is 5.97 Å². The molecule has 1 rings (SSSR count). The molecule has 0 spiro atoms. The molecule has 0 unspecified atom stereocenters. The molecule has 0 amide bonds. The summed E-state index contributed by atoms with van der Waals surface area (Å²) >= 11 is 0. The highest BCUT2D eigenvalue weighted by atomic mass is 16.4. The second-order valence-electron chi connectivity index (χ2n) is 2.91. The van der Waals surface area contributed by atoms with E-state index in [1.165, 1.54) is 0 Å². The summed E-state index contributed by atoms with van der Waals surface area (Å²) in [5.74, 6) is 0.252. The first-order valence-electron chi connectivity index (χ1n) is 3.75. The zero-order valence-corrected chi connectivity index (χ0v) is 7.53. The van der Waals surface area contributed by atoms with Crippen LogP contribution in [0.3, 0.4) is 0 Å². The van der Waals surface area contributed by atoms with Gasteiger partial charge in [-0.3, -0.25) is 4.79 Å². The van der Waals surface area contributed by atoms with E-state index in [2.05, 4.69) is 0 Å². The van der Waals surface area contributed by atoms with Crippen molar-refractivity contribution in [3.8, 4) is 0 Å². The van der Waals surface area contributed by atoms with Gasteiger partial charge in [0.15, 0.2) is 5.69 Å². The average molecular weight is 169 g/mol. The Balaban J connectivity index is 3.01. The Morgan fingerprint density at radius 1 is 1.75 bits per heavy atom. The van der Waals surface area contributed by atoms with Gasteiger partial charge in [-0.05, 0) is 0 Å². The molecule has 0 aliphatic heterocycles. The van der Waals surface area contributed by atoms with E-state index >= 15 is 0 Å². The molecule has 66 valence electrons. The predicted octanol–water partition coefficient (Wildman–Crippen LogP) is -0.215. The molecule has 1 aromatic heterocycles. The van der Waals surface area contributed by atoms with Crippen LogP contribution in [-0.4, -0.2) is 15.6 Å². The summed E-state index contributed by atoms with van der Waals surface area (Å²) in [6.07, 6.45) is 1.92. The second kappa shape index (κ2) is 2.97. The molecule has 0 radical (unpaired) electrons. The van der Waals surface area contributed by atoms with Crippen molar-refractivity contribution >= 4 is 5.97 Å². The van der Waals surface area contributed by atoms with Crippen molar-refractivity contribution < 1.29 is 14.5 Å². The van der Waals surface area contributed by atoms with Gasteiger partial charge in [-0.2, -0.15) is 0 Å². The van der Waals surface area contributed by atoms with Gasteiger partial charge in [0.05, 0.1) is 14.1 Å². The Hall–Kier alpha value is -1.32. The first-order chi connectivity index (χ1) is 5.52. The van der Waals surface area contributed by atoms with E-state index in [9.17, 15) is 4.79 Å². The van der Waals surface area contributed by atoms with Crippen molar-refractivity contribution in [3.63, 3.8) is 0 Å². The van der Waals surface area contributed by atoms with Crippen LogP contribution in [0.5, 0.6) is 0 Å². The maximum absolute atomic E-state index is 10.4. The van der Waals surface area contributed by atoms with Gasteiger partial charge in [-0.25, -0.2) is 9.13 Å². The number of hydrogen-bond donors (Lipinski definition) is 1. The number of rotatable bonds is 2. The second-order valence-corrected chi connectivity index (χ2v) is 2.91. The molecule has 0 saturated carbocycles. The third-order valence-electron chi connectivity index (χ3n) is 2.10. The highest BCUT2D eigenvalue weighted by Crippen LogP contribution is 1.99. The smallest absolute Gasteiger partial charge is 0.311 e.